The zero-order chi connectivity index (χ0) is 37.3. The molecule has 0 unspecified atom stereocenters. The van der Waals surface area contributed by atoms with Gasteiger partial charge >= 0.3 is 0 Å². The van der Waals surface area contributed by atoms with Crippen molar-refractivity contribution in [3.8, 4) is 11.3 Å². The second-order valence-electron chi connectivity index (χ2n) is 14.2. The lowest BCUT2D eigenvalue weighted by atomic mass is 10.1. The normalized spacial score (nSPS) is 13.9. The number of nitrogens with one attached hydrogen (secondary N) is 1. The molecule has 0 amide bonds. The SMILES string of the molecule is CCn1cc(-c2ccco2)c(=O)c2cc(NC3Cc4ccccc4C3)ncc21.CCn1cc(CO)c(=O)c2cc(N(C)C3Cc4ccccc4C3)cnc21. The number of aliphatic hydroxyl groups is 1. The van der Waals surface area contributed by atoms with Crippen molar-refractivity contribution in [3.63, 3.8) is 0 Å². The van der Waals surface area contributed by atoms with Crippen LogP contribution in [0.15, 0.2) is 118 Å². The van der Waals surface area contributed by atoms with Crippen molar-refractivity contribution in [2.75, 3.05) is 17.3 Å². The van der Waals surface area contributed by atoms with Crippen LogP contribution in [0.5, 0.6) is 0 Å². The van der Waals surface area contributed by atoms with Gasteiger partial charge in [0.2, 0.25) is 5.43 Å². The maximum atomic E-state index is 13.1. The first-order valence-corrected chi connectivity index (χ1v) is 18.7. The van der Waals surface area contributed by atoms with E-state index in [1.807, 2.05) is 46.7 Å². The number of fused-ring (bicyclic) bond motifs is 4. The molecular weight excluding hydrogens is 677 g/mol. The highest BCUT2D eigenvalue weighted by molar-refractivity contribution is 5.85. The fraction of sp³-hybridized carbons (Fsp3) is 0.273. The molecule has 0 saturated carbocycles. The second kappa shape index (κ2) is 14.8. The van der Waals surface area contributed by atoms with Gasteiger partial charge in [0.05, 0.1) is 52.8 Å². The summed E-state index contributed by atoms with van der Waals surface area (Å²) in [7, 11) is 2.06. The van der Waals surface area contributed by atoms with Gasteiger partial charge in [0.15, 0.2) is 5.43 Å². The lowest BCUT2D eigenvalue weighted by molar-refractivity contribution is 0.280. The Labute approximate surface area is 313 Å². The number of pyridine rings is 4. The number of aryl methyl sites for hydroxylation is 2. The highest BCUT2D eigenvalue weighted by Gasteiger charge is 2.26. The molecule has 9 rings (SSSR count). The van der Waals surface area contributed by atoms with Crippen LogP contribution in [-0.4, -0.2) is 43.3 Å². The molecule has 0 radical (unpaired) electrons. The van der Waals surface area contributed by atoms with E-state index in [0.717, 1.165) is 49.2 Å². The number of benzene rings is 2. The summed E-state index contributed by atoms with van der Waals surface area (Å²) in [6.07, 6.45) is 12.7. The summed E-state index contributed by atoms with van der Waals surface area (Å²) < 4.78 is 9.43. The van der Waals surface area contributed by atoms with Gasteiger partial charge in [-0.05, 0) is 86.1 Å². The van der Waals surface area contributed by atoms with Crippen LogP contribution in [0.3, 0.4) is 0 Å². The van der Waals surface area contributed by atoms with Crippen LogP contribution in [0.4, 0.5) is 11.5 Å². The van der Waals surface area contributed by atoms with Gasteiger partial charge in [-0.2, -0.15) is 0 Å². The third-order valence-corrected chi connectivity index (χ3v) is 11.0. The summed E-state index contributed by atoms with van der Waals surface area (Å²) in [5, 5.41) is 14.2. The largest absolute Gasteiger partial charge is 0.464 e. The van der Waals surface area contributed by atoms with Crippen molar-refractivity contribution in [1.82, 2.24) is 19.1 Å². The van der Waals surface area contributed by atoms with Crippen LogP contribution in [0, 0.1) is 0 Å². The van der Waals surface area contributed by atoms with Crippen molar-refractivity contribution < 1.29 is 9.52 Å². The molecule has 7 aromatic rings. The lowest BCUT2D eigenvalue weighted by Gasteiger charge is -2.26. The van der Waals surface area contributed by atoms with Crippen molar-refractivity contribution in [1.29, 1.82) is 0 Å². The molecule has 0 spiro atoms. The summed E-state index contributed by atoms with van der Waals surface area (Å²) in [6, 6.07) is 25.1. The number of nitrogens with zero attached hydrogens (tertiary/aromatic N) is 5. The van der Waals surface area contributed by atoms with E-state index in [0.29, 0.717) is 51.9 Å². The van der Waals surface area contributed by atoms with Crippen LogP contribution >= 0.6 is 0 Å². The van der Waals surface area contributed by atoms with E-state index in [2.05, 4.69) is 82.7 Å². The van der Waals surface area contributed by atoms with E-state index >= 15 is 0 Å². The minimum Gasteiger partial charge on any atom is -0.464 e. The predicted molar refractivity (Wildman–Crippen MR) is 214 cm³/mol. The number of hydrogen-bond acceptors (Lipinski definition) is 8. The van der Waals surface area contributed by atoms with E-state index in [-0.39, 0.29) is 17.5 Å². The van der Waals surface area contributed by atoms with Gasteiger partial charge in [0.25, 0.3) is 0 Å². The third-order valence-electron chi connectivity index (χ3n) is 11.0. The second-order valence-corrected chi connectivity index (χ2v) is 14.2. The van der Waals surface area contributed by atoms with Crippen LogP contribution in [0.1, 0.15) is 41.7 Å². The Morgan fingerprint density at radius 1 is 0.796 bits per heavy atom. The maximum absolute atomic E-state index is 13.1. The Morgan fingerprint density at radius 3 is 2.07 bits per heavy atom. The van der Waals surface area contributed by atoms with E-state index in [9.17, 15) is 14.7 Å². The van der Waals surface area contributed by atoms with Crippen LogP contribution in [0.2, 0.25) is 0 Å². The molecular formula is C44H44N6O4. The quantitative estimate of drug-likeness (QED) is 0.177. The summed E-state index contributed by atoms with van der Waals surface area (Å²) in [6.45, 7) is 5.24. The third kappa shape index (κ3) is 6.58. The molecule has 274 valence electrons. The molecule has 0 atom stereocenters. The molecule has 0 fully saturated rings. The molecule has 0 saturated heterocycles. The highest BCUT2D eigenvalue weighted by atomic mass is 16.3. The number of hydrogen-bond donors (Lipinski definition) is 2. The van der Waals surface area contributed by atoms with Gasteiger partial charge in [-0.25, -0.2) is 9.97 Å². The highest BCUT2D eigenvalue weighted by Crippen LogP contribution is 2.29. The number of aliphatic hydroxyl groups excluding tert-OH is 1. The van der Waals surface area contributed by atoms with Crippen LogP contribution in [-0.2, 0) is 45.4 Å². The molecule has 10 nitrogen and oxygen atoms in total. The maximum Gasteiger partial charge on any atom is 0.200 e. The van der Waals surface area contributed by atoms with Gasteiger partial charge in [0, 0.05) is 50.2 Å². The smallest absolute Gasteiger partial charge is 0.200 e. The van der Waals surface area contributed by atoms with E-state index in [4.69, 9.17) is 4.42 Å². The fourth-order valence-electron chi connectivity index (χ4n) is 8.00. The van der Waals surface area contributed by atoms with Gasteiger partial charge < -0.3 is 28.9 Å². The minimum absolute atomic E-state index is 0.0326. The Hall–Kier alpha value is -6.00. The lowest BCUT2D eigenvalue weighted by Crippen LogP contribution is -2.32. The average molecular weight is 721 g/mol. The van der Waals surface area contributed by atoms with Crippen molar-refractivity contribution >= 4 is 33.4 Å². The zero-order valence-corrected chi connectivity index (χ0v) is 30.8. The number of furan rings is 1. The minimum atomic E-state index is -0.257. The Bertz CT molecular complexity index is 2540. The zero-order valence-electron chi connectivity index (χ0n) is 30.8. The average Bonchev–Trinajstić information content (AvgIpc) is 3.99. The monoisotopic (exact) mass is 720 g/mol. The number of aromatic nitrogens is 4. The Kier molecular flexibility index (Phi) is 9.60. The molecule has 54 heavy (non-hydrogen) atoms. The van der Waals surface area contributed by atoms with Crippen molar-refractivity contribution in [2.45, 2.75) is 71.3 Å². The summed E-state index contributed by atoms with van der Waals surface area (Å²) >= 11 is 0. The fourth-order valence-corrected chi connectivity index (χ4v) is 8.00. The first-order chi connectivity index (χ1) is 26.3. The Morgan fingerprint density at radius 2 is 1.46 bits per heavy atom. The summed E-state index contributed by atoms with van der Waals surface area (Å²) in [4.78, 5) is 37.2. The number of anilines is 2. The van der Waals surface area contributed by atoms with Crippen molar-refractivity contribution in [3.05, 3.63) is 152 Å². The number of likely N-dealkylation sites (N-methyl/N-ethyl adjacent to an activating group) is 1. The van der Waals surface area contributed by atoms with E-state index in [1.165, 1.54) is 22.3 Å². The molecule has 5 aromatic heterocycles. The van der Waals surface area contributed by atoms with Crippen molar-refractivity contribution in [2.24, 2.45) is 0 Å². The standard InChI is InChI=1S/C23H21N3O2.C21H23N3O2/c1-2-26-14-19(21-8-5-9-28-21)23(27)18-12-22(24-13-20(18)26)25-17-10-15-6-3-4-7-16(15)11-17;1-3-24-12-16(13-25)20(26)19-10-18(11-22-21(19)24)23(2)17-8-14-6-4-5-7-15(14)9-17/h3-9,12-14,17H,2,10-11H2,1H3,(H,24,25);4-7,10-12,17,25H,3,8-9,13H2,1-2H3. The van der Waals surface area contributed by atoms with Gasteiger partial charge in [-0.1, -0.05) is 48.5 Å². The van der Waals surface area contributed by atoms with E-state index in [1.54, 1.807) is 24.7 Å². The van der Waals surface area contributed by atoms with Gasteiger partial charge in [-0.15, -0.1) is 0 Å². The summed E-state index contributed by atoms with van der Waals surface area (Å²) in [5.41, 5.74) is 8.82. The molecule has 5 heterocycles. The van der Waals surface area contributed by atoms with Crippen LogP contribution < -0.4 is 21.1 Å². The van der Waals surface area contributed by atoms with Gasteiger partial charge in [-0.3, -0.25) is 9.59 Å². The molecule has 2 aromatic carbocycles. The number of rotatable bonds is 8. The van der Waals surface area contributed by atoms with E-state index < -0.39 is 0 Å². The molecule has 2 aliphatic rings. The molecule has 2 aliphatic carbocycles. The van der Waals surface area contributed by atoms with Gasteiger partial charge in [0.1, 0.15) is 17.2 Å². The Balaban J connectivity index is 0.000000154. The first kappa shape index (κ1) is 35.1. The molecule has 10 heteroatoms. The van der Waals surface area contributed by atoms with Crippen LogP contribution in [0.25, 0.3) is 33.3 Å². The molecule has 2 N–H and O–H groups in total. The predicted octanol–water partition coefficient (Wildman–Crippen LogP) is 6.77. The molecule has 0 bridgehead atoms. The molecule has 0 aliphatic heterocycles. The first-order valence-electron chi connectivity index (χ1n) is 18.7. The summed E-state index contributed by atoms with van der Waals surface area (Å²) in [5.74, 6) is 1.33. The topological polar surface area (TPSA) is 118 Å².